The molecule has 0 radical (unpaired) electrons. The summed E-state index contributed by atoms with van der Waals surface area (Å²) >= 11 is 7.64. The van der Waals surface area contributed by atoms with E-state index in [0.717, 1.165) is 0 Å². The van der Waals surface area contributed by atoms with Crippen LogP contribution >= 0.6 is 22.9 Å². The molecule has 39 heavy (non-hydrogen) atoms. The van der Waals surface area contributed by atoms with Crippen molar-refractivity contribution in [1.29, 1.82) is 5.26 Å². The maximum atomic E-state index is 14.9. The number of hydrogen-bond acceptors (Lipinski definition) is 10. The van der Waals surface area contributed by atoms with Gasteiger partial charge in [0.1, 0.15) is 29.5 Å². The normalized spacial score (nSPS) is 11.7. The summed E-state index contributed by atoms with van der Waals surface area (Å²) < 4.78 is 31.6. The highest BCUT2D eigenvalue weighted by Crippen LogP contribution is 2.37. The fourth-order valence-electron chi connectivity index (χ4n) is 3.60. The number of hydrogen-bond donors (Lipinski definition) is 1. The Morgan fingerprint density at radius 2 is 2.03 bits per heavy atom. The molecular formula is C26H18ClFN6O4S. The molecule has 0 bridgehead atoms. The number of carbonyl (C=O) groups is 1. The molecule has 3 aromatic heterocycles. The fourth-order valence-corrected chi connectivity index (χ4v) is 4.81. The van der Waals surface area contributed by atoms with Crippen LogP contribution in [0.25, 0.3) is 31.8 Å². The van der Waals surface area contributed by atoms with Gasteiger partial charge >= 0.3 is 6.09 Å². The molecule has 0 aliphatic heterocycles. The molecule has 2 aromatic carbocycles. The van der Waals surface area contributed by atoms with Gasteiger partial charge < -0.3 is 14.2 Å². The van der Waals surface area contributed by atoms with Crippen molar-refractivity contribution in [2.24, 2.45) is 0 Å². The third-order valence-electron chi connectivity index (χ3n) is 5.37. The number of amides is 1. The zero-order valence-corrected chi connectivity index (χ0v) is 22.0. The summed E-state index contributed by atoms with van der Waals surface area (Å²) in [6.07, 6.45) is 1.44. The van der Waals surface area contributed by atoms with Crippen LogP contribution in [-0.4, -0.2) is 45.8 Å². The van der Waals surface area contributed by atoms with Crippen molar-refractivity contribution in [3.8, 4) is 28.3 Å². The molecule has 0 fully saturated rings. The van der Waals surface area contributed by atoms with Crippen LogP contribution in [0.2, 0.25) is 5.02 Å². The predicted molar refractivity (Wildman–Crippen MR) is 144 cm³/mol. The molecule has 3 heterocycles. The summed E-state index contributed by atoms with van der Waals surface area (Å²) in [7, 11) is 1.50. The number of rotatable bonds is 7. The van der Waals surface area contributed by atoms with Gasteiger partial charge in [-0.1, -0.05) is 11.6 Å². The number of nitriles is 1. The first kappa shape index (κ1) is 26.0. The summed E-state index contributed by atoms with van der Waals surface area (Å²) in [6, 6.07) is 11.1. The van der Waals surface area contributed by atoms with Gasteiger partial charge in [0.05, 0.1) is 46.4 Å². The van der Waals surface area contributed by atoms with Crippen LogP contribution in [0, 0.1) is 17.1 Å². The molecule has 0 saturated carbocycles. The van der Waals surface area contributed by atoms with E-state index in [-0.39, 0.29) is 18.1 Å². The van der Waals surface area contributed by atoms with E-state index in [2.05, 4.69) is 25.3 Å². The summed E-state index contributed by atoms with van der Waals surface area (Å²) in [5.41, 5.74) is 2.80. The first-order valence-electron chi connectivity index (χ1n) is 11.4. The minimum Gasteiger partial charge on any atom is -0.484 e. The van der Waals surface area contributed by atoms with Crippen molar-refractivity contribution < 1.29 is 23.4 Å². The third kappa shape index (κ3) is 5.79. The van der Waals surface area contributed by atoms with Crippen molar-refractivity contribution in [1.82, 2.24) is 19.9 Å². The summed E-state index contributed by atoms with van der Waals surface area (Å²) in [4.78, 5) is 29.3. The maximum absolute atomic E-state index is 14.9. The largest absolute Gasteiger partial charge is 0.484 e. The number of aromatic nitrogens is 4. The van der Waals surface area contributed by atoms with Gasteiger partial charge in [-0.2, -0.15) is 5.26 Å². The zero-order chi connectivity index (χ0) is 27.5. The Balaban J connectivity index is 1.30. The minimum atomic E-state index is -0.741. The van der Waals surface area contributed by atoms with E-state index in [0.29, 0.717) is 48.4 Å². The van der Waals surface area contributed by atoms with Gasteiger partial charge in [0.2, 0.25) is 5.88 Å². The highest BCUT2D eigenvalue weighted by atomic mass is 35.5. The molecule has 1 amide bonds. The second kappa shape index (κ2) is 11.0. The van der Waals surface area contributed by atoms with Crippen molar-refractivity contribution in [2.45, 2.75) is 13.0 Å². The van der Waals surface area contributed by atoms with Gasteiger partial charge in [0.15, 0.2) is 11.6 Å². The SMILES string of the molecule is COc1cnc2c(-c3nc4cc(F)c(O[C@@H](C)COC(=O)Nc5ccc(C#N)nc5)cc4s3)cc(Cl)cc2n1. The molecule has 0 spiro atoms. The molecule has 1 atom stereocenters. The first-order valence-corrected chi connectivity index (χ1v) is 12.6. The molecule has 5 aromatic rings. The van der Waals surface area contributed by atoms with Crippen molar-refractivity contribution in [3.63, 3.8) is 0 Å². The van der Waals surface area contributed by atoms with Crippen LogP contribution in [0.3, 0.4) is 0 Å². The number of benzene rings is 2. The van der Waals surface area contributed by atoms with Crippen molar-refractivity contribution in [2.75, 3.05) is 19.0 Å². The van der Waals surface area contributed by atoms with Crippen LogP contribution in [0.1, 0.15) is 12.6 Å². The zero-order valence-electron chi connectivity index (χ0n) is 20.4. The number of pyridine rings is 1. The van der Waals surface area contributed by atoms with Crippen molar-refractivity contribution in [3.05, 3.63) is 65.3 Å². The van der Waals surface area contributed by atoms with E-state index in [4.69, 9.17) is 31.1 Å². The van der Waals surface area contributed by atoms with Crippen molar-refractivity contribution >= 4 is 56.0 Å². The lowest BCUT2D eigenvalue weighted by Gasteiger charge is -2.15. The number of nitrogens with zero attached hydrogens (tertiary/aromatic N) is 5. The van der Waals surface area contributed by atoms with E-state index < -0.39 is 18.0 Å². The van der Waals surface area contributed by atoms with Gasteiger partial charge in [0.25, 0.3) is 0 Å². The highest BCUT2D eigenvalue weighted by Gasteiger charge is 2.18. The Labute approximate surface area is 230 Å². The predicted octanol–water partition coefficient (Wildman–Crippen LogP) is 5.99. The molecule has 13 heteroatoms. The van der Waals surface area contributed by atoms with Crippen LogP contribution < -0.4 is 14.8 Å². The monoisotopic (exact) mass is 564 g/mol. The Morgan fingerprint density at radius 1 is 1.18 bits per heavy atom. The molecular weight excluding hydrogens is 547 g/mol. The van der Waals surface area contributed by atoms with Gasteiger partial charge in [-0.25, -0.2) is 29.1 Å². The molecule has 5 rings (SSSR count). The molecule has 0 aliphatic carbocycles. The quantitative estimate of drug-likeness (QED) is 0.253. The number of anilines is 1. The number of halogens is 2. The topological polar surface area (TPSA) is 132 Å². The molecule has 1 N–H and O–H groups in total. The Kier molecular flexibility index (Phi) is 7.36. The van der Waals surface area contributed by atoms with Crippen LogP contribution in [-0.2, 0) is 4.74 Å². The second-order valence-electron chi connectivity index (χ2n) is 8.20. The maximum Gasteiger partial charge on any atom is 0.411 e. The summed E-state index contributed by atoms with van der Waals surface area (Å²) in [5.74, 6) is -0.267. The number of thiazole rings is 1. The average molecular weight is 565 g/mol. The van der Waals surface area contributed by atoms with E-state index >= 15 is 0 Å². The number of fused-ring (bicyclic) bond motifs is 2. The fraction of sp³-hybridized carbons (Fsp3) is 0.154. The van der Waals surface area contributed by atoms with Crippen LogP contribution in [0.4, 0.5) is 14.9 Å². The highest BCUT2D eigenvalue weighted by molar-refractivity contribution is 7.21. The lowest BCUT2D eigenvalue weighted by atomic mass is 10.2. The first-order chi connectivity index (χ1) is 18.8. The molecule has 0 aliphatic rings. The number of ether oxygens (including phenoxy) is 3. The minimum absolute atomic E-state index is 0.00835. The van der Waals surface area contributed by atoms with E-state index in [1.165, 1.54) is 49.0 Å². The molecule has 10 nitrogen and oxygen atoms in total. The lowest BCUT2D eigenvalue weighted by molar-refractivity contribution is 0.0969. The van der Waals surface area contributed by atoms with Crippen LogP contribution in [0.5, 0.6) is 11.6 Å². The smallest absolute Gasteiger partial charge is 0.411 e. The number of methoxy groups -OCH3 is 1. The van der Waals surface area contributed by atoms with E-state index in [1.807, 2.05) is 6.07 Å². The Bertz CT molecular complexity index is 1740. The number of carbonyl (C=O) groups excluding carboxylic acids is 1. The van der Waals surface area contributed by atoms with Gasteiger partial charge in [-0.05, 0) is 31.2 Å². The molecule has 0 saturated heterocycles. The second-order valence-corrected chi connectivity index (χ2v) is 9.67. The standard InChI is InChI=1S/C26H18ClFN6O4S/c1-13(12-37-26(35)32-16-4-3-15(9-29)30-10-16)38-21-8-22-19(7-18(21)28)34-25(39-22)17-5-14(27)6-20-24(17)31-11-23(33-20)36-2/h3-8,10-11,13H,12H2,1-2H3,(H,32,35)/t13-/m0/s1. The number of nitrogens with one attached hydrogen (secondary N) is 1. The lowest BCUT2D eigenvalue weighted by Crippen LogP contribution is -2.24. The average Bonchev–Trinajstić information content (AvgIpc) is 3.34. The van der Waals surface area contributed by atoms with E-state index in [1.54, 1.807) is 25.1 Å². The molecule has 196 valence electrons. The van der Waals surface area contributed by atoms with E-state index in [9.17, 15) is 9.18 Å². The van der Waals surface area contributed by atoms with Gasteiger partial charge in [-0.15, -0.1) is 11.3 Å². The summed E-state index contributed by atoms with van der Waals surface area (Å²) in [5, 5.41) is 12.3. The summed E-state index contributed by atoms with van der Waals surface area (Å²) in [6.45, 7) is 1.50. The van der Waals surface area contributed by atoms with Gasteiger partial charge in [0, 0.05) is 22.7 Å². The third-order valence-corrected chi connectivity index (χ3v) is 6.64. The van der Waals surface area contributed by atoms with Gasteiger partial charge in [-0.3, -0.25) is 5.32 Å². The Morgan fingerprint density at radius 3 is 2.77 bits per heavy atom. The molecule has 0 unspecified atom stereocenters. The Hall–Kier alpha value is -4.60. The van der Waals surface area contributed by atoms with Crippen LogP contribution in [0.15, 0.2) is 48.8 Å².